The number of carbonyl (C=O) groups is 1. The number of nitrogen functional groups attached to an aromatic ring is 1. The summed E-state index contributed by atoms with van der Waals surface area (Å²) in [6, 6.07) is 18.3. The molecule has 1 unspecified atom stereocenters. The summed E-state index contributed by atoms with van der Waals surface area (Å²) in [7, 11) is 0. The minimum Gasteiger partial charge on any atom is -0.457 e. The predicted octanol–water partition coefficient (Wildman–Crippen LogP) is 5.37. The quantitative estimate of drug-likeness (QED) is 0.343. The van der Waals surface area contributed by atoms with Crippen LogP contribution in [-0.2, 0) is 4.74 Å². The van der Waals surface area contributed by atoms with Crippen LogP contribution in [0.1, 0.15) is 39.7 Å². The van der Waals surface area contributed by atoms with Gasteiger partial charge in [-0.05, 0) is 81.8 Å². The molecule has 0 spiro atoms. The number of nitrogens with two attached hydrogens (primary N) is 1. The summed E-state index contributed by atoms with van der Waals surface area (Å²) in [5.41, 5.74) is 8.47. The molecule has 1 aliphatic carbocycles. The topological polar surface area (TPSA) is 112 Å². The summed E-state index contributed by atoms with van der Waals surface area (Å²) in [6.07, 6.45) is 3.42. The molecule has 10 nitrogen and oxygen atoms in total. The highest BCUT2D eigenvalue weighted by molar-refractivity contribution is 5.98. The monoisotopic (exact) mass is 567 g/mol. The summed E-state index contributed by atoms with van der Waals surface area (Å²) in [4.78, 5) is 25.7. The first kappa shape index (κ1) is 26.7. The molecular weight excluding hydrogens is 530 g/mol. The van der Waals surface area contributed by atoms with Crippen molar-refractivity contribution in [3.8, 4) is 22.8 Å². The number of anilines is 1. The maximum atomic E-state index is 12.4. The molecule has 3 fully saturated rings. The standard InChI is InChI=1S/C32H37N7O3/c1-32(2,3)42-31(40)38-17-24(18-38)37-15-21-13-23(14-22(21)16-37)39-30-27(29(33)34-19-35-30)28(36-39)20-9-11-26(12-10-20)41-25-7-5-4-6-8-25/h4-12,19,21-24H,13-18H2,1-3H3,(H2,33,34,35)/t21-,22+,23?. The van der Waals surface area contributed by atoms with E-state index in [2.05, 4.69) is 19.5 Å². The first-order valence-electron chi connectivity index (χ1n) is 14.8. The van der Waals surface area contributed by atoms with Crippen molar-refractivity contribution in [2.75, 3.05) is 31.9 Å². The van der Waals surface area contributed by atoms with E-state index >= 15 is 0 Å². The molecule has 7 rings (SSSR count). The van der Waals surface area contributed by atoms with Gasteiger partial charge < -0.3 is 20.1 Å². The normalized spacial score (nSPS) is 22.7. The highest BCUT2D eigenvalue weighted by atomic mass is 16.6. The molecule has 218 valence electrons. The number of fused-ring (bicyclic) bond motifs is 2. The predicted molar refractivity (Wildman–Crippen MR) is 160 cm³/mol. The minimum atomic E-state index is -0.464. The van der Waals surface area contributed by atoms with Crippen molar-refractivity contribution in [3.63, 3.8) is 0 Å². The largest absolute Gasteiger partial charge is 0.457 e. The molecule has 3 aliphatic rings. The molecule has 2 aliphatic heterocycles. The minimum absolute atomic E-state index is 0.209. The fourth-order valence-corrected chi connectivity index (χ4v) is 6.72. The second-order valence-corrected chi connectivity index (χ2v) is 12.8. The molecule has 4 heterocycles. The third kappa shape index (κ3) is 5.04. The number of carbonyl (C=O) groups excluding carboxylic acids is 1. The molecule has 2 saturated heterocycles. The molecule has 1 amide bonds. The molecule has 2 aromatic carbocycles. The molecule has 2 aromatic heterocycles. The van der Waals surface area contributed by atoms with Gasteiger partial charge in [-0.15, -0.1) is 0 Å². The van der Waals surface area contributed by atoms with Gasteiger partial charge in [0.05, 0.1) is 11.4 Å². The second-order valence-electron chi connectivity index (χ2n) is 12.8. The van der Waals surface area contributed by atoms with Crippen LogP contribution in [0.3, 0.4) is 0 Å². The fourth-order valence-electron chi connectivity index (χ4n) is 6.72. The van der Waals surface area contributed by atoms with Crippen molar-refractivity contribution in [1.82, 2.24) is 29.5 Å². The molecule has 3 atom stereocenters. The lowest BCUT2D eigenvalue weighted by Gasteiger charge is -2.44. The lowest BCUT2D eigenvalue weighted by molar-refractivity contribution is -0.0126. The Kier molecular flexibility index (Phi) is 6.53. The molecule has 10 heteroatoms. The number of amides is 1. The van der Waals surface area contributed by atoms with Gasteiger partial charge in [0.1, 0.15) is 34.9 Å². The first-order valence-corrected chi connectivity index (χ1v) is 14.8. The zero-order valence-corrected chi connectivity index (χ0v) is 24.3. The van der Waals surface area contributed by atoms with Crippen molar-refractivity contribution in [1.29, 1.82) is 0 Å². The van der Waals surface area contributed by atoms with Gasteiger partial charge in [-0.3, -0.25) is 4.90 Å². The van der Waals surface area contributed by atoms with Gasteiger partial charge in [-0.2, -0.15) is 5.10 Å². The number of para-hydroxylation sites is 1. The van der Waals surface area contributed by atoms with E-state index in [4.69, 9.17) is 20.3 Å². The molecule has 42 heavy (non-hydrogen) atoms. The van der Waals surface area contributed by atoms with E-state index < -0.39 is 5.60 Å². The van der Waals surface area contributed by atoms with E-state index in [-0.39, 0.29) is 12.1 Å². The van der Waals surface area contributed by atoms with Crippen LogP contribution >= 0.6 is 0 Å². The molecule has 1 saturated carbocycles. The summed E-state index contributed by atoms with van der Waals surface area (Å²) in [6.45, 7) is 9.32. The van der Waals surface area contributed by atoms with Gasteiger partial charge in [0.25, 0.3) is 0 Å². The molecular formula is C32H37N7O3. The average molecular weight is 568 g/mol. The van der Waals surface area contributed by atoms with Gasteiger partial charge in [-0.25, -0.2) is 19.4 Å². The van der Waals surface area contributed by atoms with Crippen LogP contribution < -0.4 is 10.5 Å². The van der Waals surface area contributed by atoms with E-state index in [1.165, 1.54) is 6.33 Å². The maximum absolute atomic E-state index is 12.4. The lowest BCUT2D eigenvalue weighted by atomic mass is 10.0. The number of likely N-dealkylation sites (tertiary alicyclic amines) is 2. The van der Waals surface area contributed by atoms with Crippen molar-refractivity contribution >= 4 is 22.9 Å². The SMILES string of the molecule is CC(C)(C)OC(=O)N1CC(N2C[C@H]3CC(n4nc(-c5ccc(Oc6ccccc6)cc5)c5c(N)ncnc54)C[C@H]3C2)C1. The van der Waals surface area contributed by atoms with Crippen LogP contribution in [0.4, 0.5) is 10.6 Å². The van der Waals surface area contributed by atoms with Crippen molar-refractivity contribution < 1.29 is 14.3 Å². The lowest BCUT2D eigenvalue weighted by Crippen LogP contribution is -2.61. The third-order valence-corrected chi connectivity index (χ3v) is 8.76. The van der Waals surface area contributed by atoms with Crippen LogP contribution in [0.2, 0.25) is 0 Å². The number of aromatic nitrogens is 4. The van der Waals surface area contributed by atoms with Crippen LogP contribution in [0.25, 0.3) is 22.3 Å². The van der Waals surface area contributed by atoms with Gasteiger partial charge >= 0.3 is 6.09 Å². The summed E-state index contributed by atoms with van der Waals surface area (Å²) < 4.78 is 13.6. The summed E-state index contributed by atoms with van der Waals surface area (Å²) >= 11 is 0. The number of rotatable bonds is 5. The zero-order chi connectivity index (χ0) is 29.0. The third-order valence-electron chi connectivity index (χ3n) is 8.76. The Labute approximate surface area is 245 Å². The maximum Gasteiger partial charge on any atom is 0.410 e. The summed E-state index contributed by atoms with van der Waals surface area (Å²) in [5.74, 6) is 3.19. The number of nitrogens with zero attached hydrogens (tertiary/aromatic N) is 6. The van der Waals surface area contributed by atoms with Gasteiger partial charge in [-0.1, -0.05) is 18.2 Å². The molecule has 2 N–H and O–H groups in total. The Morgan fingerprint density at radius 1 is 0.881 bits per heavy atom. The number of hydrogen-bond donors (Lipinski definition) is 1. The second kappa shape index (κ2) is 10.3. The summed E-state index contributed by atoms with van der Waals surface area (Å²) in [5, 5.41) is 5.90. The average Bonchev–Trinajstić information content (AvgIpc) is 3.60. The van der Waals surface area contributed by atoms with E-state index in [1.807, 2.05) is 80.3 Å². The van der Waals surface area contributed by atoms with E-state index in [0.29, 0.717) is 23.7 Å². The first-order chi connectivity index (χ1) is 20.2. The highest BCUT2D eigenvalue weighted by Crippen LogP contribution is 2.46. The Morgan fingerprint density at radius 2 is 1.55 bits per heavy atom. The van der Waals surface area contributed by atoms with Crippen LogP contribution in [0, 0.1) is 11.8 Å². The van der Waals surface area contributed by atoms with Crippen molar-refractivity contribution in [2.45, 2.75) is 51.3 Å². The molecule has 0 bridgehead atoms. The zero-order valence-electron chi connectivity index (χ0n) is 24.3. The van der Waals surface area contributed by atoms with E-state index in [1.54, 1.807) is 0 Å². The van der Waals surface area contributed by atoms with Crippen molar-refractivity contribution in [2.24, 2.45) is 11.8 Å². The van der Waals surface area contributed by atoms with Crippen LogP contribution in [-0.4, -0.2) is 73.5 Å². The van der Waals surface area contributed by atoms with Gasteiger partial charge in [0, 0.05) is 37.8 Å². The number of hydrogen-bond acceptors (Lipinski definition) is 8. The van der Waals surface area contributed by atoms with Crippen LogP contribution in [0.15, 0.2) is 60.9 Å². The Morgan fingerprint density at radius 3 is 2.21 bits per heavy atom. The smallest absolute Gasteiger partial charge is 0.410 e. The Hall–Kier alpha value is -4.18. The molecule has 0 radical (unpaired) electrons. The number of benzene rings is 2. The molecule has 4 aromatic rings. The Bertz CT molecular complexity index is 1580. The van der Waals surface area contributed by atoms with E-state index in [0.717, 1.165) is 72.8 Å². The fraction of sp³-hybridized carbons (Fsp3) is 0.438. The van der Waals surface area contributed by atoms with E-state index in [9.17, 15) is 4.79 Å². The highest BCUT2D eigenvalue weighted by Gasteiger charge is 2.47. The Balaban J connectivity index is 1.04. The van der Waals surface area contributed by atoms with Crippen molar-refractivity contribution in [3.05, 3.63) is 60.9 Å². The van der Waals surface area contributed by atoms with Crippen LogP contribution in [0.5, 0.6) is 11.5 Å². The van der Waals surface area contributed by atoms with Gasteiger partial charge in [0.2, 0.25) is 0 Å². The van der Waals surface area contributed by atoms with Gasteiger partial charge in [0.15, 0.2) is 5.65 Å². The number of ether oxygens (including phenoxy) is 2.